The summed E-state index contributed by atoms with van der Waals surface area (Å²) in [5, 5.41) is 8.58. The smallest absolute Gasteiger partial charge is 0.228 e. The Balaban J connectivity index is 1.44. The highest BCUT2D eigenvalue weighted by Crippen LogP contribution is 2.51. The Morgan fingerprint density at radius 2 is 1.91 bits per heavy atom. The molecule has 1 aliphatic heterocycles. The summed E-state index contributed by atoms with van der Waals surface area (Å²) < 4.78 is 12.8. The number of benzene rings is 2. The number of carbonyl (C=O) groups excluding carboxylic acids is 1. The zero-order valence-electron chi connectivity index (χ0n) is 18.4. The number of anilines is 1. The van der Waals surface area contributed by atoms with Gasteiger partial charge in [0.05, 0.1) is 37.2 Å². The first-order valence-electron chi connectivity index (χ1n) is 10.9. The second-order valence-corrected chi connectivity index (χ2v) is 8.60. The lowest BCUT2D eigenvalue weighted by atomic mass is 10.0. The van der Waals surface area contributed by atoms with E-state index < -0.39 is 0 Å². The average Bonchev–Trinajstić information content (AvgIpc) is 3.13. The number of fused-ring (bicyclic) bond motifs is 2. The number of hydrogen-bond acceptors (Lipinski definition) is 6. The zero-order valence-corrected chi connectivity index (χ0v) is 18.4. The lowest BCUT2D eigenvalue weighted by molar-refractivity contribution is -0.118. The highest BCUT2D eigenvalue weighted by molar-refractivity contribution is 6.02. The Kier molecular flexibility index (Phi) is 4.62. The van der Waals surface area contributed by atoms with Crippen LogP contribution in [0.5, 0.6) is 5.75 Å². The van der Waals surface area contributed by atoms with Gasteiger partial charge in [-0.3, -0.25) is 9.48 Å². The summed E-state index contributed by atoms with van der Waals surface area (Å²) in [5.41, 5.74) is 4.83. The van der Waals surface area contributed by atoms with Gasteiger partial charge in [-0.25, -0.2) is 9.97 Å². The summed E-state index contributed by atoms with van der Waals surface area (Å²) >= 11 is 0. The van der Waals surface area contributed by atoms with E-state index in [0.717, 1.165) is 33.4 Å². The number of carbonyl (C=O) groups is 1. The average molecular weight is 441 g/mol. The van der Waals surface area contributed by atoms with Crippen LogP contribution in [0.4, 0.5) is 5.69 Å². The maximum atomic E-state index is 12.9. The molecule has 1 saturated carbocycles. The number of ether oxygens (including phenoxy) is 2. The van der Waals surface area contributed by atoms with Crippen molar-refractivity contribution in [1.82, 2.24) is 19.7 Å². The zero-order chi connectivity index (χ0) is 22.5. The molecule has 1 N–H and O–H groups in total. The van der Waals surface area contributed by atoms with Crippen LogP contribution in [-0.4, -0.2) is 46.0 Å². The van der Waals surface area contributed by atoms with Gasteiger partial charge in [0.25, 0.3) is 0 Å². The SMILES string of the molecule is COc1cc2ncnc(-c3cn(C)nc3-c3ccccc3)c2cc1NC(=O)C1C2COCC21. The van der Waals surface area contributed by atoms with E-state index in [4.69, 9.17) is 9.47 Å². The van der Waals surface area contributed by atoms with Gasteiger partial charge in [0.1, 0.15) is 17.8 Å². The van der Waals surface area contributed by atoms with Crippen LogP contribution < -0.4 is 10.1 Å². The quantitative estimate of drug-likeness (QED) is 0.509. The number of methoxy groups -OCH3 is 1. The van der Waals surface area contributed by atoms with Gasteiger partial charge in [-0.05, 0) is 17.9 Å². The minimum absolute atomic E-state index is 0.00801. The van der Waals surface area contributed by atoms with Crippen molar-refractivity contribution in [3.63, 3.8) is 0 Å². The van der Waals surface area contributed by atoms with Gasteiger partial charge in [-0.15, -0.1) is 0 Å². The normalized spacial score (nSPS) is 21.1. The largest absolute Gasteiger partial charge is 0.494 e. The molecule has 1 aliphatic carbocycles. The molecule has 2 atom stereocenters. The maximum Gasteiger partial charge on any atom is 0.228 e. The van der Waals surface area contributed by atoms with E-state index in [0.29, 0.717) is 36.5 Å². The van der Waals surface area contributed by atoms with Crippen LogP contribution in [0, 0.1) is 17.8 Å². The molecule has 8 heteroatoms. The standard InChI is InChI=1S/C25H23N5O3/c1-30-10-16(23(29-30)14-6-4-3-5-7-14)24-15-8-20(21(32-2)9-19(15)26-13-27-24)28-25(31)22-17-11-33-12-18(17)22/h3-10,13,17-18,22H,11-12H2,1-2H3,(H,28,31). The van der Waals surface area contributed by atoms with E-state index in [1.165, 1.54) is 0 Å². The van der Waals surface area contributed by atoms with Gasteiger partial charge < -0.3 is 14.8 Å². The predicted octanol–water partition coefficient (Wildman–Crippen LogP) is 3.54. The van der Waals surface area contributed by atoms with Crippen LogP contribution in [0.2, 0.25) is 0 Å². The van der Waals surface area contributed by atoms with E-state index in [1.807, 2.05) is 55.7 Å². The number of rotatable bonds is 5. The third kappa shape index (κ3) is 3.34. The van der Waals surface area contributed by atoms with Gasteiger partial charge in [0.15, 0.2) is 0 Å². The number of aromatic nitrogens is 4. The molecule has 1 saturated heterocycles. The number of nitrogens with one attached hydrogen (secondary N) is 1. The lowest BCUT2D eigenvalue weighted by Crippen LogP contribution is -2.19. The van der Waals surface area contributed by atoms with E-state index in [-0.39, 0.29) is 11.8 Å². The summed E-state index contributed by atoms with van der Waals surface area (Å²) in [6.45, 7) is 1.33. The van der Waals surface area contributed by atoms with Gasteiger partial charge in [-0.1, -0.05) is 30.3 Å². The fourth-order valence-electron chi connectivity index (χ4n) is 4.88. The second kappa shape index (κ2) is 7.67. The summed E-state index contributed by atoms with van der Waals surface area (Å²) in [6, 6.07) is 13.8. The van der Waals surface area contributed by atoms with Crippen LogP contribution >= 0.6 is 0 Å². The van der Waals surface area contributed by atoms with E-state index in [9.17, 15) is 4.79 Å². The predicted molar refractivity (Wildman–Crippen MR) is 124 cm³/mol. The Morgan fingerprint density at radius 1 is 1.12 bits per heavy atom. The molecule has 2 aliphatic rings. The van der Waals surface area contributed by atoms with Crippen molar-refractivity contribution in [3.05, 3.63) is 55.0 Å². The van der Waals surface area contributed by atoms with Crippen LogP contribution in [0.15, 0.2) is 55.0 Å². The van der Waals surface area contributed by atoms with E-state index >= 15 is 0 Å². The molecule has 166 valence electrons. The summed E-state index contributed by atoms with van der Waals surface area (Å²) in [7, 11) is 3.48. The Hall–Kier alpha value is -3.78. The fourth-order valence-corrected chi connectivity index (χ4v) is 4.88. The molecule has 1 amide bonds. The lowest BCUT2D eigenvalue weighted by Gasteiger charge is -2.14. The molecular formula is C25H23N5O3. The number of amides is 1. The minimum atomic E-state index is 0.00801. The molecular weight excluding hydrogens is 418 g/mol. The minimum Gasteiger partial charge on any atom is -0.494 e. The fraction of sp³-hybridized carbons (Fsp3) is 0.280. The Labute approximate surface area is 190 Å². The summed E-state index contributed by atoms with van der Waals surface area (Å²) in [6.07, 6.45) is 3.50. The molecule has 0 spiro atoms. The molecule has 8 nitrogen and oxygen atoms in total. The van der Waals surface area contributed by atoms with Crippen LogP contribution in [-0.2, 0) is 16.6 Å². The summed E-state index contributed by atoms with van der Waals surface area (Å²) in [4.78, 5) is 22.0. The van der Waals surface area contributed by atoms with Gasteiger partial charge >= 0.3 is 0 Å². The Bertz CT molecular complexity index is 1360. The highest BCUT2D eigenvalue weighted by Gasteiger charge is 2.58. The van der Waals surface area contributed by atoms with Crippen molar-refractivity contribution in [1.29, 1.82) is 0 Å². The van der Waals surface area contributed by atoms with Crippen LogP contribution in [0.25, 0.3) is 33.4 Å². The number of aryl methyl sites for hydroxylation is 1. The second-order valence-electron chi connectivity index (χ2n) is 8.60. The maximum absolute atomic E-state index is 12.9. The van der Waals surface area contributed by atoms with Crippen molar-refractivity contribution in [2.45, 2.75) is 0 Å². The molecule has 2 aromatic heterocycles. The van der Waals surface area contributed by atoms with E-state index in [2.05, 4.69) is 20.4 Å². The van der Waals surface area contributed by atoms with E-state index in [1.54, 1.807) is 18.1 Å². The first-order chi connectivity index (χ1) is 16.1. The molecule has 2 aromatic carbocycles. The molecule has 2 fully saturated rings. The third-order valence-corrected chi connectivity index (χ3v) is 6.60. The highest BCUT2D eigenvalue weighted by atomic mass is 16.5. The monoisotopic (exact) mass is 441 g/mol. The molecule has 3 heterocycles. The first-order valence-corrected chi connectivity index (χ1v) is 10.9. The van der Waals surface area contributed by atoms with Crippen molar-refractivity contribution >= 4 is 22.5 Å². The van der Waals surface area contributed by atoms with Gasteiger partial charge in [-0.2, -0.15) is 5.10 Å². The Morgan fingerprint density at radius 3 is 2.67 bits per heavy atom. The topological polar surface area (TPSA) is 91.2 Å². The first kappa shape index (κ1) is 19.9. The van der Waals surface area contributed by atoms with Crippen LogP contribution in [0.1, 0.15) is 0 Å². The van der Waals surface area contributed by atoms with Crippen LogP contribution in [0.3, 0.4) is 0 Å². The summed E-state index contributed by atoms with van der Waals surface area (Å²) in [5.74, 6) is 1.25. The number of hydrogen-bond donors (Lipinski definition) is 1. The molecule has 6 rings (SSSR count). The molecule has 0 bridgehead atoms. The molecule has 2 unspecified atom stereocenters. The van der Waals surface area contributed by atoms with Gasteiger partial charge in [0.2, 0.25) is 5.91 Å². The van der Waals surface area contributed by atoms with Gasteiger partial charge in [0, 0.05) is 41.7 Å². The molecule has 33 heavy (non-hydrogen) atoms. The third-order valence-electron chi connectivity index (χ3n) is 6.60. The van der Waals surface area contributed by atoms with Crippen molar-refractivity contribution < 1.29 is 14.3 Å². The van der Waals surface area contributed by atoms with Crippen molar-refractivity contribution in [2.24, 2.45) is 24.8 Å². The van der Waals surface area contributed by atoms with Crippen molar-refractivity contribution in [2.75, 3.05) is 25.6 Å². The molecule has 4 aromatic rings. The van der Waals surface area contributed by atoms with Crippen molar-refractivity contribution in [3.8, 4) is 28.3 Å². The number of nitrogens with zero attached hydrogens (tertiary/aromatic N) is 4. The molecule has 0 radical (unpaired) electrons.